The molecule has 6 rings (SSSR count). The highest BCUT2D eigenvalue weighted by molar-refractivity contribution is 14.1. The van der Waals surface area contributed by atoms with Gasteiger partial charge in [0.15, 0.2) is 11.6 Å². The van der Waals surface area contributed by atoms with E-state index in [0.717, 1.165) is 4.57 Å². The predicted molar refractivity (Wildman–Crippen MR) is 143 cm³/mol. The molecule has 2 aliphatic carbocycles. The summed E-state index contributed by atoms with van der Waals surface area (Å²) in [5, 5.41) is 10.9. The molecule has 0 radical (unpaired) electrons. The molecule has 10 heteroatoms. The van der Waals surface area contributed by atoms with E-state index in [4.69, 9.17) is 4.74 Å². The molecule has 0 saturated carbocycles. The highest BCUT2D eigenvalue weighted by atomic mass is 127. The van der Waals surface area contributed by atoms with E-state index in [1.54, 1.807) is 42.5 Å². The molecular weight excluding hydrogens is 589 g/mol. The molecule has 0 spiro atoms. The number of fused-ring (bicyclic) bond motifs is 3. The average molecular weight is 609 g/mol. The molecule has 3 aliphatic rings. The largest absolute Gasteiger partial charge is 0.507 e. The van der Waals surface area contributed by atoms with Crippen LogP contribution in [0.15, 0.2) is 90.6 Å². The summed E-state index contributed by atoms with van der Waals surface area (Å²) in [7, 11) is 1.46. The average Bonchev–Trinajstić information content (AvgIpc) is 3.16. The summed E-state index contributed by atoms with van der Waals surface area (Å²) in [6, 6.07) is 12.7. The van der Waals surface area contributed by atoms with E-state index >= 15 is 0 Å². The van der Waals surface area contributed by atoms with Gasteiger partial charge in [-0.3, -0.25) is 9.59 Å². The number of ether oxygens (including phenoxy) is 1. The first-order valence-electron chi connectivity index (χ1n) is 11.6. The van der Waals surface area contributed by atoms with Crippen molar-refractivity contribution < 1.29 is 19.4 Å². The van der Waals surface area contributed by atoms with Crippen LogP contribution in [0.2, 0.25) is 0 Å². The third-order valence-electron chi connectivity index (χ3n) is 7.17. The van der Waals surface area contributed by atoms with Crippen LogP contribution < -0.4 is 16.1 Å². The number of phenolic OH excluding ortho intramolecular Hbond substituents is 1. The van der Waals surface area contributed by atoms with Gasteiger partial charge in [0.1, 0.15) is 11.5 Å². The molecule has 1 aromatic heterocycles. The van der Waals surface area contributed by atoms with Crippen LogP contribution in [-0.4, -0.2) is 37.7 Å². The topological polar surface area (TPSA) is 113 Å². The lowest BCUT2D eigenvalue weighted by molar-refractivity contribution is -0.115. The molecule has 0 amide bonds. The molecule has 37 heavy (non-hydrogen) atoms. The van der Waals surface area contributed by atoms with Gasteiger partial charge < -0.3 is 9.84 Å². The maximum absolute atomic E-state index is 13.7. The van der Waals surface area contributed by atoms with Gasteiger partial charge in [0.25, 0.3) is 0 Å². The van der Waals surface area contributed by atoms with Gasteiger partial charge in [-0.2, -0.15) is 0 Å². The number of hydrogen-bond acceptors (Lipinski definition) is 6. The molecule has 2 heterocycles. The Labute approximate surface area is 223 Å². The number of benzene rings is 2. The summed E-state index contributed by atoms with van der Waals surface area (Å²) in [6.07, 6.45) is 3.17. The zero-order valence-corrected chi connectivity index (χ0v) is 21.7. The minimum atomic E-state index is -0.837. The van der Waals surface area contributed by atoms with E-state index in [0.29, 0.717) is 22.6 Å². The van der Waals surface area contributed by atoms with E-state index in [9.17, 15) is 24.3 Å². The number of aromatic hydroxyl groups is 1. The molecule has 9 nitrogen and oxygen atoms in total. The van der Waals surface area contributed by atoms with Gasteiger partial charge in [0.2, 0.25) is 0 Å². The summed E-state index contributed by atoms with van der Waals surface area (Å²) < 4.78 is 9.65. The molecule has 0 fully saturated rings. The second-order valence-electron chi connectivity index (χ2n) is 8.99. The van der Waals surface area contributed by atoms with E-state index in [1.165, 1.54) is 28.6 Å². The molecule has 2 atom stereocenters. The molecule has 0 bridgehead atoms. The molecule has 186 valence electrons. The van der Waals surface area contributed by atoms with Gasteiger partial charge in [-0.25, -0.2) is 23.5 Å². The van der Waals surface area contributed by atoms with E-state index < -0.39 is 23.3 Å². The quantitative estimate of drug-likeness (QED) is 0.278. The fourth-order valence-electron chi connectivity index (χ4n) is 5.60. The summed E-state index contributed by atoms with van der Waals surface area (Å²) in [5.41, 5.74) is 0.922. The van der Waals surface area contributed by atoms with Crippen LogP contribution in [0.4, 0.5) is 0 Å². The van der Waals surface area contributed by atoms with Crippen LogP contribution in [-0.2, 0) is 16.1 Å². The minimum Gasteiger partial charge on any atom is -0.507 e. The Morgan fingerprint density at radius 1 is 1.00 bits per heavy atom. The number of para-hydroxylation sites is 1. The number of allylic oxidation sites excluding steroid dienone is 6. The van der Waals surface area contributed by atoms with Crippen molar-refractivity contribution in [2.75, 3.05) is 7.11 Å². The smallest absolute Gasteiger partial charge is 0.352 e. The van der Waals surface area contributed by atoms with Crippen LogP contribution in [0.25, 0.3) is 5.69 Å². The van der Waals surface area contributed by atoms with Crippen LogP contribution in [0.5, 0.6) is 11.5 Å². The zero-order chi connectivity index (χ0) is 26.0. The maximum Gasteiger partial charge on any atom is 0.352 e. The fourth-order valence-corrected chi connectivity index (χ4v) is 6.17. The van der Waals surface area contributed by atoms with E-state index in [-0.39, 0.29) is 45.0 Å². The second-order valence-corrected chi connectivity index (χ2v) is 10.2. The molecular formula is C27H20IN3O6. The number of carbonyl (C=O) groups is 2. The lowest BCUT2D eigenvalue weighted by atomic mass is 9.68. The van der Waals surface area contributed by atoms with Crippen molar-refractivity contribution in [1.82, 2.24) is 13.9 Å². The summed E-state index contributed by atoms with van der Waals surface area (Å²) in [6.45, 7) is 0.0871. The van der Waals surface area contributed by atoms with Crippen LogP contribution in [0, 0.1) is 0 Å². The third kappa shape index (κ3) is 3.35. The molecule has 1 N–H and O–H groups in total. The van der Waals surface area contributed by atoms with Gasteiger partial charge in [-0.1, -0.05) is 30.3 Å². The van der Waals surface area contributed by atoms with Crippen molar-refractivity contribution in [3.05, 3.63) is 108 Å². The lowest BCUT2D eigenvalue weighted by Gasteiger charge is -2.39. The fraction of sp³-hybridized carbons (Fsp3) is 0.185. The number of aromatic nitrogens is 3. The molecule has 2 aromatic carbocycles. The maximum atomic E-state index is 13.7. The van der Waals surface area contributed by atoms with Gasteiger partial charge in [0.05, 0.1) is 29.0 Å². The van der Waals surface area contributed by atoms with Gasteiger partial charge >= 0.3 is 11.4 Å². The van der Waals surface area contributed by atoms with Crippen molar-refractivity contribution in [2.24, 2.45) is 0 Å². The zero-order valence-electron chi connectivity index (χ0n) is 19.6. The Hall–Kier alpha value is -3.93. The Balaban J connectivity index is 1.63. The number of carbonyl (C=O) groups excluding carboxylic acids is 2. The SMILES string of the molecule is COc1cccc(O)c1[C@H]1C2=CCn3c(=O)n(-c4ccccc4)c(=O)n3[C@@H]2CC2=C1C(=O)C(I)=CC2=O. The third-order valence-corrected chi connectivity index (χ3v) is 7.97. The minimum absolute atomic E-state index is 0.0662. The normalized spacial score (nSPS) is 20.6. The van der Waals surface area contributed by atoms with Crippen molar-refractivity contribution >= 4 is 34.2 Å². The summed E-state index contributed by atoms with van der Waals surface area (Å²) in [4.78, 5) is 53.7. The number of hydrogen-bond donors (Lipinski definition) is 1. The van der Waals surface area contributed by atoms with Gasteiger partial charge in [-0.15, -0.1) is 0 Å². The predicted octanol–water partition coefficient (Wildman–Crippen LogP) is 2.95. The summed E-state index contributed by atoms with van der Waals surface area (Å²) >= 11 is 1.85. The van der Waals surface area contributed by atoms with Crippen molar-refractivity contribution in [3.63, 3.8) is 0 Å². The van der Waals surface area contributed by atoms with Crippen molar-refractivity contribution in [1.29, 1.82) is 0 Å². The highest BCUT2D eigenvalue weighted by Gasteiger charge is 2.46. The van der Waals surface area contributed by atoms with Crippen molar-refractivity contribution in [3.8, 4) is 17.2 Å². The van der Waals surface area contributed by atoms with Crippen LogP contribution >= 0.6 is 22.6 Å². The summed E-state index contributed by atoms with van der Waals surface area (Å²) in [5.74, 6) is -1.22. The molecule has 0 unspecified atom stereocenters. The Morgan fingerprint density at radius 2 is 1.76 bits per heavy atom. The highest BCUT2D eigenvalue weighted by Crippen LogP contribution is 2.53. The molecule has 3 aromatic rings. The second kappa shape index (κ2) is 8.58. The van der Waals surface area contributed by atoms with E-state index in [1.807, 2.05) is 28.7 Å². The van der Waals surface area contributed by atoms with E-state index in [2.05, 4.69) is 0 Å². The first-order chi connectivity index (χ1) is 17.8. The number of halogens is 1. The monoisotopic (exact) mass is 609 g/mol. The number of Topliss-reactive ketones (excluding diaryl/α,β-unsaturated/α-hetero) is 1. The number of nitrogens with zero attached hydrogens (tertiary/aromatic N) is 3. The Kier molecular flexibility index (Phi) is 5.44. The first-order valence-corrected chi connectivity index (χ1v) is 12.7. The first kappa shape index (κ1) is 23.5. The number of methoxy groups -OCH3 is 1. The number of ketones is 2. The standard InChI is InChI=1S/C27H20IN3O6/c1-37-21-9-5-8-19(32)24(21)22-15-10-11-29-26(35)30(14-6-3-2-4-7-14)27(36)31(29)18(15)12-16-20(33)13-17(28)25(34)23(16)22/h2-10,13,18,22,32H,11-12H2,1H3/t18-,22+/m1/s1. The number of phenols is 1. The Bertz CT molecular complexity index is 1720. The van der Waals surface area contributed by atoms with Crippen LogP contribution in [0.3, 0.4) is 0 Å². The molecule has 0 saturated heterocycles. The van der Waals surface area contributed by atoms with Gasteiger partial charge in [-0.05, 0) is 52.4 Å². The molecule has 1 aliphatic heterocycles. The lowest BCUT2D eigenvalue weighted by Crippen LogP contribution is -2.40. The number of rotatable bonds is 3. The van der Waals surface area contributed by atoms with Crippen molar-refractivity contribution in [2.45, 2.75) is 24.9 Å². The Morgan fingerprint density at radius 3 is 2.49 bits per heavy atom. The van der Waals surface area contributed by atoms with Crippen LogP contribution in [0.1, 0.15) is 23.9 Å². The van der Waals surface area contributed by atoms with Gasteiger partial charge in [0, 0.05) is 35.1 Å².